The van der Waals surface area contributed by atoms with E-state index < -0.39 is 0 Å². The second kappa shape index (κ2) is 18.2. The molecule has 3 aliphatic rings. The van der Waals surface area contributed by atoms with Gasteiger partial charge in [0, 0.05) is 5.69 Å². The van der Waals surface area contributed by atoms with Crippen molar-refractivity contribution in [3.63, 3.8) is 0 Å². The number of hydrogen-bond donors (Lipinski definition) is 0. The zero-order valence-corrected chi connectivity index (χ0v) is 18.7. The molecule has 0 radical (unpaired) electrons. The molecule has 0 saturated carbocycles. The van der Waals surface area contributed by atoms with E-state index in [1.54, 1.807) is 0 Å². The summed E-state index contributed by atoms with van der Waals surface area (Å²) in [5, 5.41) is 20.2. The van der Waals surface area contributed by atoms with Gasteiger partial charge in [-0.3, -0.25) is 0 Å². The molecule has 1 aromatic rings. The van der Waals surface area contributed by atoms with Crippen molar-refractivity contribution in [3.8, 4) is 0 Å². The summed E-state index contributed by atoms with van der Waals surface area (Å²) in [6.07, 6.45) is 10.3. The van der Waals surface area contributed by atoms with Gasteiger partial charge in [0.15, 0.2) is 0 Å². The minimum Gasteiger partial charge on any atom is -0.662 e. The van der Waals surface area contributed by atoms with Crippen LogP contribution in [0.3, 0.4) is 0 Å². The summed E-state index contributed by atoms with van der Waals surface area (Å²) < 4.78 is 0. The van der Waals surface area contributed by atoms with Gasteiger partial charge < -0.3 is 26.1 Å². The molecule has 6 heteroatoms. The summed E-state index contributed by atoms with van der Waals surface area (Å²) in [6.45, 7) is 13.0. The summed E-state index contributed by atoms with van der Waals surface area (Å²) in [7, 11) is 0. The van der Waals surface area contributed by atoms with Crippen molar-refractivity contribution < 1.29 is 21.7 Å². The van der Waals surface area contributed by atoms with E-state index in [1.165, 1.54) is 50.5 Å². The number of aromatic nitrogens is 2. The van der Waals surface area contributed by atoms with Gasteiger partial charge in [0.1, 0.15) is 0 Å². The van der Waals surface area contributed by atoms with Crippen LogP contribution in [0.1, 0.15) is 68.8 Å². The largest absolute Gasteiger partial charge is 4.00 e. The third kappa shape index (κ3) is 13.0. The normalized spacial score (nSPS) is 17.8. The molecule has 146 valence electrons. The average Bonchev–Trinajstić information content (AvgIpc) is 3.45. The van der Waals surface area contributed by atoms with E-state index in [2.05, 4.69) is 33.1 Å². The molecule has 0 bridgehead atoms. The average molecular weight is 395 g/mol. The minimum absolute atomic E-state index is 0. The molecule has 1 aromatic heterocycles. The summed E-state index contributed by atoms with van der Waals surface area (Å²) in [6, 6.07) is 0. The topological polar surface area (TPSA) is 69.3 Å². The van der Waals surface area contributed by atoms with Crippen LogP contribution < -0.4 is 5.10 Å². The first-order valence-corrected chi connectivity index (χ1v) is 10.1. The zero-order chi connectivity index (χ0) is 18.2. The molecule has 0 atom stereocenters. The maximum absolute atomic E-state index is 4.08. The monoisotopic (exact) mass is 395 g/mol. The van der Waals surface area contributed by atoms with Gasteiger partial charge in [-0.2, -0.15) is 0 Å². The van der Waals surface area contributed by atoms with Gasteiger partial charge in [0.25, 0.3) is 0 Å². The first-order valence-electron chi connectivity index (χ1n) is 10.1. The van der Waals surface area contributed by atoms with Gasteiger partial charge in [-0.1, -0.05) is 58.8 Å². The van der Waals surface area contributed by atoms with Crippen LogP contribution in [0.15, 0.2) is 0 Å². The van der Waals surface area contributed by atoms with E-state index in [0.29, 0.717) is 0 Å². The van der Waals surface area contributed by atoms with Crippen LogP contribution in [0.5, 0.6) is 0 Å². The van der Waals surface area contributed by atoms with Crippen molar-refractivity contribution in [2.45, 2.75) is 72.1 Å². The van der Waals surface area contributed by atoms with Gasteiger partial charge in [0.05, 0.1) is 0 Å². The third-order valence-electron chi connectivity index (χ3n) is 4.37. The van der Waals surface area contributed by atoms with Crippen molar-refractivity contribution in [1.82, 2.24) is 10.2 Å². The van der Waals surface area contributed by atoms with Gasteiger partial charge in [-0.15, -0.1) is 45.0 Å². The van der Waals surface area contributed by atoms with Crippen molar-refractivity contribution in [2.24, 2.45) is 0 Å². The quantitative estimate of drug-likeness (QED) is 0.656. The number of rotatable bonds is 2. The fourth-order valence-corrected chi connectivity index (χ4v) is 2.82. The molecule has 5 nitrogen and oxygen atoms in total. The summed E-state index contributed by atoms with van der Waals surface area (Å²) in [5.74, 6) is 0. The molecule has 0 aliphatic carbocycles. The van der Waals surface area contributed by atoms with E-state index >= 15 is 0 Å². The van der Waals surface area contributed by atoms with E-state index in [4.69, 9.17) is 0 Å². The fourth-order valence-electron chi connectivity index (χ4n) is 2.82. The Balaban J connectivity index is 0.000000335. The van der Waals surface area contributed by atoms with Gasteiger partial charge >= 0.3 is 21.7 Å². The maximum Gasteiger partial charge on any atom is 4.00 e. The molecule has 3 fully saturated rings. The fraction of sp³-hybridized carbons (Fsp3) is 0.850. The smallest absolute Gasteiger partial charge is 0.662 e. The third-order valence-corrected chi connectivity index (χ3v) is 4.37. The minimum atomic E-state index is 0. The molecule has 0 amide bonds. The first-order chi connectivity index (χ1) is 12.3. The molecule has 3 aliphatic heterocycles. The molecule has 0 unspecified atom stereocenters. The van der Waals surface area contributed by atoms with Crippen molar-refractivity contribution in [1.29, 1.82) is 0 Å². The van der Waals surface area contributed by atoms with Gasteiger partial charge in [-0.25, -0.2) is 0 Å². The summed E-state index contributed by atoms with van der Waals surface area (Å²) in [5.41, 5.74) is 3.53. The summed E-state index contributed by atoms with van der Waals surface area (Å²) >= 11 is 0. The standard InChI is InChI=1S/C8H13N2.3C4H8N.Ti/c1-4-5-8-6(2)9-10-7(8)3;3*1-2-4-5-3-1;/h4-5H2,1-3H3;3*1-4H2;/q4*-1;+4. The van der Waals surface area contributed by atoms with Crippen LogP contribution >= 0.6 is 0 Å². The molecule has 4 rings (SSSR count). The first kappa shape index (κ1) is 25.8. The molecular formula is C20H37N5Ti. The predicted molar refractivity (Wildman–Crippen MR) is 108 cm³/mol. The Kier molecular flexibility index (Phi) is 18.0. The molecule has 3 saturated heterocycles. The van der Waals surface area contributed by atoms with Crippen molar-refractivity contribution in [3.05, 3.63) is 32.9 Å². The van der Waals surface area contributed by atoms with Crippen molar-refractivity contribution >= 4 is 0 Å². The van der Waals surface area contributed by atoms with Crippen LogP contribution in [0.4, 0.5) is 0 Å². The second-order valence-corrected chi connectivity index (χ2v) is 6.73. The second-order valence-electron chi connectivity index (χ2n) is 6.73. The van der Waals surface area contributed by atoms with E-state index in [9.17, 15) is 0 Å². The van der Waals surface area contributed by atoms with E-state index in [-0.39, 0.29) is 21.7 Å². The van der Waals surface area contributed by atoms with E-state index in [0.717, 1.165) is 57.1 Å². The Hall–Kier alpha value is -0.196. The van der Waals surface area contributed by atoms with Gasteiger partial charge in [-0.05, 0) is 18.9 Å². The maximum atomic E-state index is 4.08. The SMILES string of the molecule is C1CC[N-]C1.C1CC[N-]C1.C1CC[N-]C1.CCCc1c(C)n[n-]c1C.[Ti+4]. The molecule has 26 heavy (non-hydrogen) atoms. The number of hydrogen-bond acceptors (Lipinski definition) is 1. The van der Waals surface area contributed by atoms with Crippen LogP contribution in [-0.2, 0) is 28.1 Å². The molecule has 0 spiro atoms. The number of nitrogens with zero attached hydrogens (tertiary/aromatic N) is 5. The van der Waals surface area contributed by atoms with E-state index in [1.807, 2.05) is 13.8 Å². The van der Waals surface area contributed by atoms with Crippen molar-refractivity contribution in [2.75, 3.05) is 39.3 Å². The van der Waals surface area contributed by atoms with Gasteiger partial charge in [0.2, 0.25) is 0 Å². The Morgan fingerprint density at radius 2 is 1.12 bits per heavy atom. The molecule has 0 aromatic carbocycles. The molecular weight excluding hydrogens is 358 g/mol. The Labute approximate surface area is 176 Å². The Bertz CT molecular complexity index is 344. The van der Waals surface area contributed by atoms with Crippen LogP contribution in [0.25, 0.3) is 16.0 Å². The van der Waals surface area contributed by atoms with Crippen LogP contribution in [0, 0.1) is 13.8 Å². The summed E-state index contributed by atoms with van der Waals surface area (Å²) in [4.78, 5) is 0. The van der Waals surface area contributed by atoms with Crippen LogP contribution in [0.2, 0.25) is 0 Å². The molecule has 0 N–H and O–H groups in total. The van der Waals surface area contributed by atoms with Crippen LogP contribution in [-0.4, -0.2) is 44.4 Å². The number of aryl methyl sites for hydroxylation is 2. The Morgan fingerprint density at radius 3 is 1.31 bits per heavy atom. The zero-order valence-electron chi connectivity index (χ0n) is 17.1. The Morgan fingerprint density at radius 1 is 0.731 bits per heavy atom. The molecule has 4 heterocycles. The predicted octanol–water partition coefficient (Wildman–Crippen LogP) is 5.07.